The van der Waals surface area contributed by atoms with Gasteiger partial charge in [-0.1, -0.05) is 25.2 Å². The Morgan fingerprint density at radius 3 is 1.88 bits per heavy atom. The van der Waals surface area contributed by atoms with Crippen LogP contribution in [0.4, 0.5) is 8.78 Å². The lowest BCUT2D eigenvalue weighted by molar-refractivity contribution is -0.0498. The molecule has 0 saturated heterocycles. The van der Waals surface area contributed by atoms with E-state index in [0.29, 0.717) is 12.4 Å². The van der Waals surface area contributed by atoms with Crippen molar-refractivity contribution in [1.29, 1.82) is 0 Å². The SMILES string of the molecule is CCCCOc1ccc(C#Cc2ccc(OC(=O)c3ccc(OC(F)F)cc3)cc2)cc1. The molecule has 6 heteroatoms. The first-order valence-corrected chi connectivity index (χ1v) is 10.2. The fraction of sp³-hybridized carbons (Fsp3) is 0.192. The van der Waals surface area contributed by atoms with E-state index in [2.05, 4.69) is 23.5 Å². The average Bonchev–Trinajstić information content (AvgIpc) is 2.80. The molecule has 0 radical (unpaired) electrons. The molecule has 0 amide bonds. The maximum Gasteiger partial charge on any atom is 0.387 e. The molecule has 0 aliphatic carbocycles. The lowest BCUT2D eigenvalue weighted by atomic mass is 10.1. The number of hydrogen-bond donors (Lipinski definition) is 0. The Labute approximate surface area is 185 Å². The van der Waals surface area contributed by atoms with Gasteiger partial charge in [-0.05, 0) is 79.2 Å². The molecule has 0 spiro atoms. The van der Waals surface area contributed by atoms with Crippen LogP contribution in [0, 0.1) is 11.8 Å². The third-order valence-electron chi connectivity index (χ3n) is 4.35. The maximum absolute atomic E-state index is 12.2. The van der Waals surface area contributed by atoms with Gasteiger partial charge in [0.15, 0.2) is 0 Å². The van der Waals surface area contributed by atoms with E-state index in [1.54, 1.807) is 24.3 Å². The number of unbranched alkanes of at least 4 members (excludes halogenated alkanes) is 1. The van der Waals surface area contributed by atoms with Crippen molar-refractivity contribution in [3.05, 3.63) is 89.5 Å². The Morgan fingerprint density at radius 1 is 0.812 bits per heavy atom. The van der Waals surface area contributed by atoms with Gasteiger partial charge in [0.05, 0.1) is 12.2 Å². The molecular formula is C26H22F2O4. The average molecular weight is 436 g/mol. The number of carbonyl (C=O) groups excluding carboxylic acids is 1. The first kappa shape index (κ1) is 22.8. The molecule has 3 rings (SSSR count). The van der Waals surface area contributed by atoms with Crippen LogP contribution in [0.25, 0.3) is 0 Å². The molecule has 0 heterocycles. The molecule has 3 aromatic carbocycles. The van der Waals surface area contributed by atoms with Crippen molar-refractivity contribution in [1.82, 2.24) is 0 Å². The summed E-state index contributed by atoms with van der Waals surface area (Å²) in [6.45, 7) is -0.0941. The number of hydrogen-bond acceptors (Lipinski definition) is 4. The van der Waals surface area contributed by atoms with Crippen molar-refractivity contribution in [2.24, 2.45) is 0 Å². The molecule has 164 valence electrons. The molecular weight excluding hydrogens is 414 g/mol. The van der Waals surface area contributed by atoms with E-state index in [-0.39, 0.29) is 11.3 Å². The lowest BCUT2D eigenvalue weighted by Gasteiger charge is -2.06. The van der Waals surface area contributed by atoms with Gasteiger partial charge in [0.25, 0.3) is 0 Å². The van der Waals surface area contributed by atoms with Gasteiger partial charge >= 0.3 is 12.6 Å². The molecule has 0 saturated carbocycles. The van der Waals surface area contributed by atoms with Gasteiger partial charge in [-0.2, -0.15) is 8.78 Å². The van der Waals surface area contributed by atoms with Gasteiger partial charge in [-0.3, -0.25) is 0 Å². The second-order valence-corrected chi connectivity index (χ2v) is 6.79. The van der Waals surface area contributed by atoms with E-state index >= 15 is 0 Å². The Hall–Kier alpha value is -3.85. The van der Waals surface area contributed by atoms with Gasteiger partial charge in [0, 0.05) is 11.1 Å². The summed E-state index contributed by atoms with van der Waals surface area (Å²) >= 11 is 0. The quantitative estimate of drug-likeness (QED) is 0.186. The van der Waals surface area contributed by atoms with Gasteiger partial charge in [-0.25, -0.2) is 4.79 Å². The normalized spacial score (nSPS) is 10.2. The van der Waals surface area contributed by atoms with Crippen LogP contribution < -0.4 is 14.2 Å². The molecule has 4 nitrogen and oxygen atoms in total. The molecule has 0 fully saturated rings. The predicted octanol–water partition coefficient (Wildman–Crippen LogP) is 6.09. The largest absolute Gasteiger partial charge is 0.494 e. The first-order valence-electron chi connectivity index (χ1n) is 10.2. The molecule has 0 N–H and O–H groups in total. The summed E-state index contributed by atoms with van der Waals surface area (Å²) in [5, 5.41) is 0. The van der Waals surface area contributed by atoms with Crippen molar-refractivity contribution in [3.63, 3.8) is 0 Å². The lowest BCUT2D eigenvalue weighted by Crippen LogP contribution is -2.08. The second-order valence-electron chi connectivity index (χ2n) is 6.79. The molecule has 0 bridgehead atoms. The summed E-state index contributed by atoms with van der Waals surface area (Å²) in [6, 6.07) is 19.7. The summed E-state index contributed by atoms with van der Waals surface area (Å²) in [6.07, 6.45) is 2.11. The number of alkyl halides is 2. The fourth-order valence-corrected chi connectivity index (χ4v) is 2.66. The third-order valence-corrected chi connectivity index (χ3v) is 4.35. The van der Waals surface area contributed by atoms with Crippen LogP contribution >= 0.6 is 0 Å². The number of esters is 1. The summed E-state index contributed by atoms with van der Waals surface area (Å²) in [4.78, 5) is 12.2. The summed E-state index contributed by atoms with van der Waals surface area (Å²) in [7, 11) is 0. The Bertz CT molecular complexity index is 1060. The van der Waals surface area contributed by atoms with Crippen LogP contribution in [0.2, 0.25) is 0 Å². The predicted molar refractivity (Wildman–Crippen MR) is 117 cm³/mol. The molecule has 3 aromatic rings. The van der Waals surface area contributed by atoms with Crippen molar-refractivity contribution in [2.75, 3.05) is 6.61 Å². The topological polar surface area (TPSA) is 44.8 Å². The van der Waals surface area contributed by atoms with Crippen LogP contribution in [0.5, 0.6) is 17.2 Å². The van der Waals surface area contributed by atoms with E-state index in [0.717, 1.165) is 29.7 Å². The molecule has 0 aromatic heterocycles. The Morgan fingerprint density at radius 2 is 1.34 bits per heavy atom. The summed E-state index contributed by atoms with van der Waals surface area (Å²) < 4.78 is 39.6. The van der Waals surface area contributed by atoms with Crippen LogP contribution in [-0.2, 0) is 0 Å². The van der Waals surface area contributed by atoms with Gasteiger partial charge in [0.1, 0.15) is 17.2 Å². The second kappa shape index (κ2) is 11.5. The number of rotatable bonds is 8. The Balaban J connectivity index is 1.55. The zero-order valence-electron chi connectivity index (χ0n) is 17.5. The summed E-state index contributed by atoms with van der Waals surface area (Å²) in [5.41, 5.74) is 1.85. The van der Waals surface area contributed by atoms with Crippen LogP contribution in [0.1, 0.15) is 41.3 Å². The van der Waals surface area contributed by atoms with Crippen molar-refractivity contribution < 1.29 is 27.8 Å². The highest BCUT2D eigenvalue weighted by atomic mass is 19.3. The minimum absolute atomic E-state index is 0.0295. The number of ether oxygens (including phenoxy) is 3. The van der Waals surface area contributed by atoms with Crippen LogP contribution in [0.3, 0.4) is 0 Å². The first-order chi connectivity index (χ1) is 15.5. The van der Waals surface area contributed by atoms with E-state index in [9.17, 15) is 13.6 Å². The molecule has 0 atom stereocenters. The maximum atomic E-state index is 12.2. The van der Waals surface area contributed by atoms with Crippen molar-refractivity contribution in [3.8, 4) is 29.1 Å². The summed E-state index contributed by atoms with van der Waals surface area (Å²) in [5.74, 6) is 6.68. The molecule has 0 aliphatic heterocycles. The fourth-order valence-electron chi connectivity index (χ4n) is 2.66. The highest BCUT2D eigenvalue weighted by molar-refractivity contribution is 5.91. The standard InChI is InChI=1S/C26H22F2O4/c1-2-3-18-30-22-12-6-19(7-13-22)4-5-20-8-14-23(15-9-20)31-25(29)21-10-16-24(17-11-21)32-26(27)28/h6-17,26H,2-3,18H2,1H3. The highest BCUT2D eigenvalue weighted by Crippen LogP contribution is 2.18. The third kappa shape index (κ3) is 7.13. The highest BCUT2D eigenvalue weighted by Gasteiger charge is 2.10. The zero-order chi connectivity index (χ0) is 22.8. The number of halogens is 2. The van der Waals surface area contributed by atoms with Crippen molar-refractivity contribution in [2.45, 2.75) is 26.4 Å². The Kier molecular flexibility index (Phi) is 8.22. The van der Waals surface area contributed by atoms with E-state index in [4.69, 9.17) is 9.47 Å². The van der Waals surface area contributed by atoms with Gasteiger partial charge in [-0.15, -0.1) is 0 Å². The van der Waals surface area contributed by atoms with Crippen LogP contribution in [-0.4, -0.2) is 19.2 Å². The number of benzene rings is 3. The smallest absolute Gasteiger partial charge is 0.387 e. The van der Waals surface area contributed by atoms with E-state index in [1.807, 2.05) is 24.3 Å². The molecule has 32 heavy (non-hydrogen) atoms. The van der Waals surface area contributed by atoms with E-state index < -0.39 is 12.6 Å². The van der Waals surface area contributed by atoms with Gasteiger partial charge < -0.3 is 14.2 Å². The number of carbonyl (C=O) groups is 1. The van der Waals surface area contributed by atoms with E-state index in [1.165, 1.54) is 24.3 Å². The molecule has 0 unspecified atom stereocenters. The molecule has 0 aliphatic rings. The minimum atomic E-state index is -2.92. The van der Waals surface area contributed by atoms with Crippen LogP contribution in [0.15, 0.2) is 72.8 Å². The van der Waals surface area contributed by atoms with Crippen molar-refractivity contribution >= 4 is 5.97 Å². The van der Waals surface area contributed by atoms with Gasteiger partial charge in [0.2, 0.25) is 0 Å². The monoisotopic (exact) mass is 436 g/mol. The minimum Gasteiger partial charge on any atom is -0.494 e. The zero-order valence-corrected chi connectivity index (χ0v) is 17.5.